The van der Waals surface area contributed by atoms with Crippen molar-refractivity contribution in [1.29, 1.82) is 0 Å². The van der Waals surface area contributed by atoms with Crippen molar-refractivity contribution in [2.45, 2.75) is 6.54 Å². The van der Waals surface area contributed by atoms with Crippen molar-refractivity contribution in [2.75, 3.05) is 24.4 Å². The van der Waals surface area contributed by atoms with Gasteiger partial charge in [-0.3, -0.25) is 14.9 Å². The highest BCUT2D eigenvalue weighted by molar-refractivity contribution is 5.96. The fraction of sp³-hybridized carbons (Fsp3) is 0.130. The molecule has 9 heteroatoms. The normalized spacial score (nSPS) is 10.2. The van der Waals surface area contributed by atoms with Crippen LogP contribution < -0.4 is 15.4 Å². The van der Waals surface area contributed by atoms with Gasteiger partial charge in [0.05, 0.1) is 17.6 Å². The van der Waals surface area contributed by atoms with E-state index >= 15 is 0 Å². The predicted molar refractivity (Wildman–Crippen MR) is 119 cm³/mol. The number of methoxy groups -OCH3 is 1. The molecule has 0 aliphatic rings. The first-order valence-corrected chi connectivity index (χ1v) is 9.63. The number of nitro benzene ring substituents is 1. The maximum absolute atomic E-state index is 12.3. The second kappa shape index (κ2) is 10.6. The first kappa shape index (κ1) is 22.3. The van der Waals surface area contributed by atoms with Gasteiger partial charge < -0.3 is 20.1 Å². The Kier molecular flexibility index (Phi) is 7.37. The molecule has 0 unspecified atom stereocenters. The minimum atomic E-state index is -0.844. The molecule has 1 amide bonds. The lowest BCUT2D eigenvalue weighted by molar-refractivity contribution is -0.384. The fourth-order valence-corrected chi connectivity index (χ4v) is 2.86. The molecule has 0 aromatic heterocycles. The summed E-state index contributed by atoms with van der Waals surface area (Å²) in [5.41, 5.74) is 1.40. The third-order valence-corrected chi connectivity index (χ3v) is 4.44. The molecule has 0 aliphatic carbocycles. The Morgan fingerprint density at radius 1 is 1.00 bits per heavy atom. The van der Waals surface area contributed by atoms with E-state index in [0.717, 1.165) is 11.6 Å². The van der Waals surface area contributed by atoms with Gasteiger partial charge in [0, 0.05) is 24.4 Å². The summed E-state index contributed by atoms with van der Waals surface area (Å²) in [6.45, 7) is -0.159. The summed E-state index contributed by atoms with van der Waals surface area (Å²) in [6, 6.07) is 20.1. The number of benzene rings is 3. The molecule has 0 heterocycles. The van der Waals surface area contributed by atoms with Crippen LogP contribution in [0.2, 0.25) is 0 Å². The van der Waals surface area contributed by atoms with Crippen LogP contribution in [0.25, 0.3) is 0 Å². The van der Waals surface area contributed by atoms with Gasteiger partial charge in [-0.25, -0.2) is 4.79 Å². The van der Waals surface area contributed by atoms with Crippen molar-refractivity contribution in [3.05, 3.63) is 94.0 Å². The predicted octanol–water partition coefficient (Wildman–Crippen LogP) is 4.01. The molecule has 3 rings (SSSR count). The van der Waals surface area contributed by atoms with Gasteiger partial charge >= 0.3 is 5.97 Å². The summed E-state index contributed by atoms with van der Waals surface area (Å²) in [4.78, 5) is 35.2. The number of amides is 1. The highest BCUT2D eigenvalue weighted by Gasteiger charge is 2.19. The number of anilines is 2. The van der Waals surface area contributed by atoms with Gasteiger partial charge in [-0.05, 0) is 29.8 Å². The summed E-state index contributed by atoms with van der Waals surface area (Å²) >= 11 is 0. The maximum Gasteiger partial charge on any atom is 0.338 e. The molecule has 0 fully saturated rings. The molecular formula is C23H21N3O6. The van der Waals surface area contributed by atoms with Crippen molar-refractivity contribution in [3.8, 4) is 5.75 Å². The van der Waals surface area contributed by atoms with Crippen LogP contribution in [0.15, 0.2) is 72.8 Å². The number of nitrogens with zero attached hydrogens (tertiary/aromatic N) is 1. The van der Waals surface area contributed by atoms with E-state index in [2.05, 4.69) is 10.6 Å². The second-order valence-electron chi connectivity index (χ2n) is 6.68. The van der Waals surface area contributed by atoms with Crippen LogP contribution in [0.1, 0.15) is 15.9 Å². The fourth-order valence-electron chi connectivity index (χ4n) is 2.86. The maximum atomic E-state index is 12.3. The molecule has 164 valence electrons. The molecule has 2 N–H and O–H groups in total. The molecule has 0 saturated carbocycles. The Hall–Kier alpha value is -4.40. The summed E-state index contributed by atoms with van der Waals surface area (Å²) in [5.74, 6) is -0.834. The molecule has 9 nitrogen and oxygen atoms in total. The van der Waals surface area contributed by atoms with Gasteiger partial charge in [-0.1, -0.05) is 36.4 Å². The Balaban J connectivity index is 1.61. The van der Waals surface area contributed by atoms with E-state index in [-0.39, 0.29) is 16.9 Å². The van der Waals surface area contributed by atoms with E-state index in [4.69, 9.17) is 9.47 Å². The average Bonchev–Trinajstić information content (AvgIpc) is 2.81. The van der Waals surface area contributed by atoms with Crippen LogP contribution in [0.3, 0.4) is 0 Å². The highest BCUT2D eigenvalue weighted by Crippen LogP contribution is 2.26. The van der Waals surface area contributed by atoms with E-state index in [9.17, 15) is 19.7 Å². The number of carbonyl (C=O) groups excluding carboxylic acids is 2. The van der Waals surface area contributed by atoms with Crippen molar-refractivity contribution >= 4 is 28.9 Å². The van der Waals surface area contributed by atoms with Crippen LogP contribution >= 0.6 is 0 Å². The van der Waals surface area contributed by atoms with Gasteiger partial charge in [-0.2, -0.15) is 0 Å². The number of nitrogens with one attached hydrogen (secondary N) is 2. The monoisotopic (exact) mass is 435 g/mol. The first-order chi connectivity index (χ1) is 15.5. The number of rotatable bonds is 9. The minimum Gasteiger partial charge on any atom is -0.497 e. The lowest BCUT2D eigenvalue weighted by Crippen LogP contribution is -2.21. The third-order valence-electron chi connectivity index (χ3n) is 4.44. The molecule has 0 spiro atoms. The Morgan fingerprint density at radius 3 is 2.50 bits per heavy atom. The molecule has 0 bridgehead atoms. The smallest absolute Gasteiger partial charge is 0.338 e. The molecule has 0 atom stereocenters. The Bertz CT molecular complexity index is 1120. The zero-order valence-corrected chi connectivity index (χ0v) is 17.2. The number of hydrogen-bond donors (Lipinski definition) is 2. The van der Waals surface area contributed by atoms with Gasteiger partial charge in [0.2, 0.25) is 0 Å². The third kappa shape index (κ3) is 6.05. The standard InChI is InChI=1S/C23H21N3O6/c1-31-19-9-5-8-18(13-19)25-22(27)15-32-23(28)17-10-11-20(21(12-17)26(29)30)24-14-16-6-3-2-4-7-16/h2-13,24H,14-15H2,1H3,(H,25,27). The minimum absolute atomic E-state index is 0.0314. The number of esters is 1. The van der Waals surface area contributed by atoms with Crippen LogP contribution in [0.5, 0.6) is 5.75 Å². The highest BCUT2D eigenvalue weighted by atomic mass is 16.6. The van der Waals surface area contributed by atoms with E-state index in [1.54, 1.807) is 24.3 Å². The SMILES string of the molecule is COc1cccc(NC(=O)COC(=O)c2ccc(NCc3ccccc3)c([N+](=O)[O-])c2)c1. The van der Waals surface area contributed by atoms with E-state index in [1.165, 1.54) is 19.2 Å². The molecule has 0 saturated heterocycles. The van der Waals surface area contributed by atoms with Crippen LogP contribution in [-0.2, 0) is 16.1 Å². The summed E-state index contributed by atoms with van der Waals surface area (Å²) < 4.78 is 10.1. The number of nitro groups is 1. The molecule has 3 aromatic carbocycles. The van der Waals surface area contributed by atoms with Crippen molar-refractivity contribution in [3.63, 3.8) is 0 Å². The van der Waals surface area contributed by atoms with E-state index < -0.39 is 23.4 Å². The van der Waals surface area contributed by atoms with Gasteiger partial charge in [0.1, 0.15) is 11.4 Å². The Labute approximate surface area is 184 Å². The largest absolute Gasteiger partial charge is 0.497 e. The van der Waals surface area contributed by atoms with E-state index in [1.807, 2.05) is 30.3 Å². The zero-order valence-electron chi connectivity index (χ0n) is 17.2. The number of carbonyl (C=O) groups is 2. The summed E-state index contributed by atoms with van der Waals surface area (Å²) in [7, 11) is 1.50. The van der Waals surface area contributed by atoms with Crippen LogP contribution in [0, 0.1) is 10.1 Å². The summed E-state index contributed by atoms with van der Waals surface area (Å²) in [6.07, 6.45) is 0. The first-order valence-electron chi connectivity index (χ1n) is 9.63. The zero-order chi connectivity index (χ0) is 22.9. The van der Waals surface area contributed by atoms with Crippen LogP contribution in [0.4, 0.5) is 17.1 Å². The van der Waals surface area contributed by atoms with Gasteiger partial charge in [-0.15, -0.1) is 0 Å². The van der Waals surface area contributed by atoms with Crippen molar-refractivity contribution in [2.24, 2.45) is 0 Å². The molecule has 3 aromatic rings. The molecule has 0 aliphatic heterocycles. The summed E-state index contributed by atoms with van der Waals surface area (Å²) in [5, 5.41) is 17.0. The van der Waals surface area contributed by atoms with Crippen LogP contribution in [-0.4, -0.2) is 30.5 Å². The molecule has 32 heavy (non-hydrogen) atoms. The second-order valence-corrected chi connectivity index (χ2v) is 6.68. The topological polar surface area (TPSA) is 120 Å². The quantitative estimate of drug-likeness (QED) is 0.296. The molecular weight excluding hydrogens is 414 g/mol. The lowest BCUT2D eigenvalue weighted by atomic mass is 10.1. The Morgan fingerprint density at radius 2 is 1.78 bits per heavy atom. The number of hydrogen-bond acceptors (Lipinski definition) is 7. The van der Waals surface area contributed by atoms with E-state index in [0.29, 0.717) is 18.0 Å². The van der Waals surface area contributed by atoms with Gasteiger partial charge in [0.15, 0.2) is 6.61 Å². The lowest BCUT2D eigenvalue weighted by Gasteiger charge is -2.10. The molecule has 0 radical (unpaired) electrons. The average molecular weight is 435 g/mol. The van der Waals surface area contributed by atoms with Gasteiger partial charge in [0.25, 0.3) is 11.6 Å². The van der Waals surface area contributed by atoms with Crippen molar-refractivity contribution in [1.82, 2.24) is 0 Å². The number of ether oxygens (including phenoxy) is 2. The van der Waals surface area contributed by atoms with Crippen molar-refractivity contribution < 1.29 is 24.0 Å².